The zero-order valence-corrected chi connectivity index (χ0v) is 15.0. The van der Waals surface area contributed by atoms with Crippen LogP contribution in [0, 0.1) is 24.5 Å². The van der Waals surface area contributed by atoms with E-state index in [1.807, 2.05) is 0 Å². The minimum Gasteiger partial charge on any atom is -0.203 e. The molecule has 0 bridgehead atoms. The predicted molar refractivity (Wildman–Crippen MR) is 96.9 cm³/mol. The molecular formula is C22H22F4. The minimum atomic E-state index is -1.39. The summed E-state index contributed by atoms with van der Waals surface area (Å²) in [6.07, 6.45) is 4.54. The number of benzene rings is 2. The van der Waals surface area contributed by atoms with Gasteiger partial charge in [-0.3, -0.25) is 0 Å². The molecule has 1 aliphatic rings. The summed E-state index contributed by atoms with van der Waals surface area (Å²) in [5, 5.41) is 0. The van der Waals surface area contributed by atoms with E-state index in [9.17, 15) is 17.6 Å². The van der Waals surface area contributed by atoms with Gasteiger partial charge >= 0.3 is 0 Å². The van der Waals surface area contributed by atoms with Crippen LogP contribution in [0.15, 0.2) is 36.4 Å². The minimum absolute atomic E-state index is 0.0239. The van der Waals surface area contributed by atoms with Crippen molar-refractivity contribution in [2.75, 3.05) is 0 Å². The molecule has 3 rings (SSSR count). The molecule has 2 aromatic carbocycles. The second-order valence-corrected chi connectivity index (χ2v) is 7.26. The average molecular weight is 362 g/mol. The van der Waals surface area contributed by atoms with E-state index in [2.05, 4.69) is 6.92 Å². The summed E-state index contributed by atoms with van der Waals surface area (Å²) in [7, 11) is 0. The number of halogens is 4. The first-order valence-corrected chi connectivity index (χ1v) is 8.99. The van der Waals surface area contributed by atoms with Crippen molar-refractivity contribution in [1.29, 1.82) is 0 Å². The van der Waals surface area contributed by atoms with E-state index >= 15 is 0 Å². The Balaban J connectivity index is 1.86. The lowest BCUT2D eigenvalue weighted by molar-refractivity contribution is 0.348. The number of aryl methyl sites for hydroxylation is 1. The molecule has 0 N–H and O–H groups in total. The van der Waals surface area contributed by atoms with Crippen molar-refractivity contribution < 1.29 is 17.6 Å². The van der Waals surface area contributed by atoms with E-state index in [1.165, 1.54) is 38.0 Å². The van der Waals surface area contributed by atoms with Crippen molar-refractivity contribution in [2.45, 2.75) is 45.4 Å². The highest BCUT2D eigenvalue weighted by Crippen LogP contribution is 2.37. The van der Waals surface area contributed by atoms with Gasteiger partial charge in [-0.2, -0.15) is 0 Å². The molecule has 0 unspecified atom stereocenters. The molecular weight excluding hydrogens is 340 g/mol. The maximum atomic E-state index is 14.5. The summed E-state index contributed by atoms with van der Waals surface area (Å²) in [5.74, 6) is -3.92. The standard InChI is InChI=1S/C22H22F4/c1-13-3-6-15(7-4-13)16-8-10-17(11-9-16)20(24)22(26)18-12-5-14(2)19(23)21(18)25/h5,8-13,15H,3-4,6-7H2,1-2H3/b22-20+. The lowest BCUT2D eigenvalue weighted by atomic mass is 9.79. The molecule has 138 valence electrons. The second kappa shape index (κ2) is 7.65. The molecule has 0 radical (unpaired) electrons. The van der Waals surface area contributed by atoms with E-state index in [4.69, 9.17) is 0 Å². The van der Waals surface area contributed by atoms with E-state index < -0.39 is 28.9 Å². The van der Waals surface area contributed by atoms with Crippen molar-refractivity contribution in [1.82, 2.24) is 0 Å². The Labute approximate surface area is 151 Å². The monoisotopic (exact) mass is 362 g/mol. The molecule has 0 amide bonds. The first-order valence-electron chi connectivity index (χ1n) is 8.99. The van der Waals surface area contributed by atoms with Gasteiger partial charge in [-0.25, -0.2) is 17.6 Å². The fourth-order valence-electron chi connectivity index (χ4n) is 3.56. The quantitative estimate of drug-likeness (QED) is 0.396. The first-order chi connectivity index (χ1) is 12.4. The SMILES string of the molecule is Cc1ccc(/C(F)=C(\F)c2ccc(C3CCC(C)CC3)cc2)c(F)c1F. The lowest BCUT2D eigenvalue weighted by Gasteiger charge is -2.26. The number of hydrogen-bond acceptors (Lipinski definition) is 0. The maximum Gasteiger partial charge on any atom is 0.169 e. The van der Waals surface area contributed by atoms with Crippen molar-refractivity contribution in [3.05, 3.63) is 70.3 Å². The van der Waals surface area contributed by atoms with Gasteiger partial charge in [0.25, 0.3) is 0 Å². The van der Waals surface area contributed by atoms with Gasteiger partial charge in [-0.05, 0) is 48.8 Å². The highest BCUT2D eigenvalue weighted by atomic mass is 19.2. The Bertz CT molecular complexity index is 813. The fourth-order valence-corrected chi connectivity index (χ4v) is 3.56. The maximum absolute atomic E-state index is 14.5. The highest BCUT2D eigenvalue weighted by molar-refractivity contribution is 5.83. The van der Waals surface area contributed by atoms with Crippen LogP contribution in [0.25, 0.3) is 11.7 Å². The average Bonchev–Trinajstić information content (AvgIpc) is 2.66. The zero-order chi connectivity index (χ0) is 18.8. The Morgan fingerprint density at radius 2 is 1.42 bits per heavy atom. The lowest BCUT2D eigenvalue weighted by Crippen LogP contribution is -2.10. The van der Waals surface area contributed by atoms with E-state index in [0.717, 1.165) is 30.4 Å². The molecule has 0 spiro atoms. The molecule has 2 aromatic rings. The number of rotatable bonds is 3. The van der Waals surface area contributed by atoms with Gasteiger partial charge in [0.15, 0.2) is 23.3 Å². The molecule has 1 fully saturated rings. The van der Waals surface area contributed by atoms with Crippen LogP contribution in [-0.4, -0.2) is 0 Å². The number of hydrogen-bond donors (Lipinski definition) is 0. The molecule has 0 aromatic heterocycles. The van der Waals surface area contributed by atoms with Crippen LogP contribution in [0.3, 0.4) is 0 Å². The van der Waals surface area contributed by atoms with Gasteiger partial charge in [0.1, 0.15) is 0 Å². The largest absolute Gasteiger partial charge is 0.203 e. The molecule has 0 nitrogen and oxygen atoms in total. The molecule has 26 heavy (non-hydrogen) atoms. The highest BCUT2D eigenvalue weighted by Gasteiger charge is 2.21. The summed E-state index contributed by atoms with van der Waals surface area (Å²) in [6, 6.07) is 8.90. The van der Waals surface area contributed by atoms with Crippen molar-refractivity contribution in [2.24, 2.45) is 5.92 Å². The van der Waals surface area contributed by atoms with Crippen LogP contribution < -0.4 is 0 Å². The molecule has 0 aliphatic heterocycles. The topological polar surface area (TPSA) is 0 Å². The fraction of sp³-hybridized carbons (Fsp3) is 0.364. The van der Waals surface area contributed by atoms with Gasteiger partial charge in [-0.1, -0.05) is 50.1 Å². The Morgan fingerprint density at radius 3 is 2.04 bits per heavy atom. The molecule has 1 aliphatic carbocycles. The van der Waals surface area contributed by atoms with Gasteiger partial charge < -0.3 is 0 Å². The summed E-state index contributed by atoms with van der Waals surface area (Å²) in [5.41, 5.74) is 0.485. The van der Waals surface area contributed by atoms with Gasteiger partial charge in [-0.15, -0.1) is 0 Å². The third kappa shape index (κ3) is 3.69. The van der Waals surface area contributed by atoms with Gasteiger partial charge in [0.05, 0.1) is 5.56 Å². The molecule has 0 saturated heterocycles. The second-order valence-electron chi connectivity index (χ2n) is 7.26. The molecule has 0 heterocycles. The van der Waals surface area contributed by atoms with E-state index in [0.29, 0.717) is 5.92 Å². The molecule has 4 heteroatoms. The van der Waals surface area contributed by atoms with Crippen molar-refractivity contribution in [3.8, 4) is 0 Å². The first kappa shape index (κ1) is 18.7. The summed E-state index contributed by atoms with van der Waals surface area (Å²) >= 11 is 0. The van der Waals surface area contributed by atoms with Crippen molar-refractivity contribution in [3.63, 3.8) is 0 Å². The van der Waals surface area contributed by atoms with Crippen LogP contribution >= 0.6 is 0 Å². The van der Waals surface area contributed by atoms with Crippen molar-refractivity contribution >= 4 is 11.7 Å². The smallest absolute Gasteiger partial charge is 0.169 e. The third-order valence-electron chi connectivity index (χ3n) is 5.36. The Morgan fingerprint density at radius 1 is 0.808 bits per heavy atom. The van der Waals surface area contributed by atoms with Crippen LogP contribution in [0.4, 0.5) is 17.6 Å². The summed E-state index contributed by atoms with van der Waals surface area (Å²) in [4.78, 5) is 0. The van der Waals surface area contributed by atoms with Crippen LogP contribution in [0.2, 0.25) is 0 Å². The predicted octanol–water partition coefficient (Wildman–Crippen LogP) is 7.33. The normalized spacial score (nSPS) is 21.5. The van der Waals surface area contributed by atoms with Gasteiger partial charge in [0, 0.05) is 5.56 Å². The zero-order valence-electron chi connectivity index (χ0n) is 15.0. The molecule has 1 saturated carbocycles. The third-order valence-corrected chi connectivity index (χ3v) is 5.36. The Kier molecular flexibility index (Phi) is 5.49. The molecule has 0 atom stereocenters. The van der Waals surface area contributed by atoms with E-state index in [1.54, 1.807) is 12.1 Å². The van der Waals surface area contributed by atoms with E-state index in [-0.39, 0.29) is 11.1 Å². The summed E-state index contributed by atoms with van der Waals surface area (Å²) < 4.78 is 56.4. The Hall–Kier alpha value is -2.10. The summed E-state index contributed by atoms with van der Waals surface area (Å²) in [6.45, 7) is 3.61. The van der Waals surface area contributed by atoms with Crippen LogP contribution in [0.1, 0.15) is 60.8 Å². The van der Waals surface area contributed by atoms with Crippen LogP contribution in [0.5, 0.6) is 0 Å². The van der Waals surface area contributed by atoms with Gasteiger partial charge in [0.2, 0.25) is 0 Å². The van der Waals surface area contributed by atoms with Crippen LogP contribution in [-0.2, 0) is 0 Å².